The van der Waals surface area contributed by atoms with Crippen LogP contribution in [0, 0.1) is 0 Å². The quantitative estimate of drug-likeness (QED) is 0.787. The summed E-state index contributed by atoms with van der Waals surface area (Å²) in [7, 11) is 1.39. The zero-order valence-corrected chi connectivity index (χ0v) is 12.3. The lowest BCUT2D eigenvalue weighted by molar-refractivity contribution is -0.147. The van der Waals surface area contributed by atoms with Gasteiger partial charge in [-0.05, 0) is 24.6 Å². The highest BCUT2D eigenvalue weighted by atomic mass is 79.9. The molecule has 1 fully saturated rings. The molecule has 1 aliphatic heterocycles. The minimum absolute atomic E-state index is 0.0838. The molecule has 1 atom stereocenters. The number of carbonyl (C=O) groups is 3. The third kappa shape index (κ3) is 2.82. The number of imide groups is 1. The molecule has 1 aliphatic rings. The maximum atomic E-state index is 12.0. The Morgan fingerprint density at radius 3 is 2.80 bits per heavy atom. The van der Waals surface area contributed by atoms with Crippen LogP contribution in [0.15, 0.2) is 22.7 Å². The number of nitrogens with zero attached hydrogens (tertiary/aromatic N) is 1. The Morgan fingerprint density at radius 1 is 1.45 bits per heavy atom. The first-order valence-corrected chi connectivity index (χ1v) is 6.79. The van der Waals surface area contributed by atoms with E-state index in [4.69, 9.17) is 0 Å². The van der Waals surface area contributed by atoms with Crippen molar-refractivity contribution < 1.29 is 19.5 Å². The van der Waals surface area contributed by atoms with E-state index < -0.39 is 17.9 Å². The second kappa shape index (κ2) is 5.62. The van der Waals surface area contributed by atoms with E-state index >= 15 is 0 Å². The van der Waals surface area contributed by atoms with E-state index in [-0.39, 0.29) is 30.1 Å². The molecule has 1 saturated heterocycles. The first-order valence-electron chi connectivity index (χ1n) is 6.00. The Labute approximate surface area is 123 Å². The molecule has 1 aromatic rings. The van der Waals surface area contributed by atoms with Gasteiger partial charge in [0.25, 0.3) is 11.8 Å². The Balaban J connectivity index is 2.12. The van der Waals surface area contributed by atoms with Crippen LogP contribution < -0.4 is 5.32 Å². The molecule has 106 valence electrons. The molecule has 0 aromatic heterocycles. The second-order valence-corrected chi connectivity index (χ2v) is 5.43. The predicted molar refractivity (Wildman–Crippen MR) is 74.1 cm³/mol. The van der Waals surface area contributed by atoms with Crippen LogP contribution >= 0.6 is 15.9 Å². The Bertz CT molecular complexity index is 588. The van der Waals surface area contributed by atoms with Gasteiger partial charge in [0.05, 0.1) is 5.56 Å². The average molecular weight is 341 g/mol. The normalized spacial score (nSPS) is 19.1. The molecule has 3 amide bonds. The average Bonchev–Trinajstić information content (AvgIpc) is 2.39. The summed E-state index contributed by atoms with van der Waals surface area (Å²) >= 11 is 3.18. The van der Waals surface area contributed by atoms with E-state index in [9.17, 15) is 19.5 Å². The number of piperidine rings is 1. The number of carbonyl (C=O) groups excluding carboxylic acids is 3. The van der Waals surface area contributed by atoms with E-state index in [1.165, 1.54) is 19.2 Å². The zero-order chi connectivity index (χ0) is 14.9. The molecule has 7 heteroatoms. The Morgan fingerprint density at radius 2 is 2.15 bits per heavy atom. The van der Waals surface area contributed by atoms with E-state index in [0.29, 0.717) is 4.47 Å². The molecule has 20 heavy (non-hydrogen) atoms. The minimum atomic E-state index is -0.742. The summed E-state index contributed by atoms with van der Waals surface area (Å²) in [5, 5.41) is 12.2. The Hall–Kier alpha value is -1.89. The Kier molecular flexibility index (Phi) is 4.08. The van der Waals surface area contributed by atoms with Crippen molar-refractivity contribution in [3.8, 4) is 5.75 Å². The second-order valence-electron chi connectivity index (χ2n) is 4.52. The maximum absolute atomic E-state index is 12.0. The molecular formula is C13H13BrN2O4. The van der Waals surface area contributed by atoms with Gasteiger partial charge in [-0.2, -0.15) is 0 Å². The fourth-order valence-electron chi connectivity index (χ4n) is 1.98. The standard InChI is InChI=1S/C13H13BrN2O4/c1-16-11(18)5-4-9(13(16)20)15-12(19)8-3-2-7(14)6-10(8)17/h2-3,6,9,17H,4-5H2,1H3,(H,15,19). The molecule has 1 heterocycles. The van der Waals surface area contributed by atoms with Crippen LogP contribution in [0.4, 0.5) is 0 Å². The molecule has 6 nitrogen and oxygen atoms in total. The molecule has 0 spiro atoms. The monoisotopic (exact) mass is 340 g/mol. The highest BCUT2D eigenvalue weighted by Gasteiger charge is 2.33. The van der Waals surface area contributed by atoms with Gasteiger partial charge in [-0.3, -0.25) is 19.3 Å². The van der Waals surface area contributed by atoms with Gasteiger partial charge in [-0.25, -0.2) is 0 Å². The van der Waals surface area contributed by atoms with Crippen molar-refractivity contribution in [2.45, 2.75) is 18.9 Å². The van der Waals surface area contributed by atoms with Crippen LogP contribution in [0.25, 0.3) is 0 Å². The smallest absolute Gasteiger partial charge is 0.255 e. The van der Waals surface area contributed by atoms with Crippen LogP contribution in [0.2, 0.25) is 0 Å². The minimum Gasteiger partial charge on any atom is -0.507 e. The highest BCUT2D eigenvalue weighted by Crippen LogP contribution is 2.22. The number of phenolic OH excluding ortho intramolecular Hbond substituents is 1. The van der Waals surface area contributed by atoms with Crippen molar-refractivity contribution in [1.82, 2.24) is 10.2 Å². The largest absolute Gasteiger partial charge is 0.507 e. The van der Waals surface area contributed by atoms with Gasteiger partial charge in [0.2, 0.25) is 5.91 Å². The maximum Gasteiger partial charge on any atom is 0.255 e. The van der Waals surface area contributed by atoms with Gasteiger partial charge in [-0.1, -0.05) is 15.9 Å². The molecule has 0 bridgehead atoms. The summed E-state index contributed by atoms with van der Waals surface area (Å²) in [6.07, 6.45) is 0.477. The van der Waals surface area contributed by atoms with Crippen molar-refractivity contribution in [3.05, 3.63) is 28.2 Å². The number of aromatic hydroxyl groups is 1. The third-order valence-corrected chi connectivity index (χ3v) is 3.65. The molecule has 2 rings (SSSR count). The number of halogens is 1. The van der Waals surface area contributed by atoms with Crippen LogP contribution in [0.5, 0.6) is 5.75 Å². The lowest BCUT2D eigenvalue weighted by atomic mass is 10.0. The zero-order valence-electron chi connectivity index (χ0n) is 10.7. The van der Waals surface area contributed by atoms with Crippen molar-refractivity contribution in [1.29, 1.82) is 0 Å². The van der Waals surface area contributed by atoms with Crippen LogP contribution in [0.3, 0.4) is 0 Å². The van der Waals surface area contributed by atoms with Crippen molar-refractivity contribution >= 4 is 33.7 Å². The number of benzene rings is 1. The lowest BCUT2D eigenvalue weighted by Crippen LogP contribution is -2.52. The number of amides is 3. The summed E-state index contributed by atoms with van der Waals surface area (Å²) < 4.78 is 0.644. The number of nitrogens with one attached hydrogen (secondary N) is 1. The summed E-state index contributed by atoms with van der Waals surface area (Å²) in [6, 6.07) is 3.73. The first kappa shape index (κ1) is 14.5. The van der Waals surface area contributed by atoms with Gasteiger partial charge in [0.1, 0.15) is 11.8 Å². The van der Waals surface area contributed by atoms with Crippen LogP contribution in [0.1, 0.15) is 23.2 Å². The fourth-order valence-corrected chi connectivity index (χ4v) is 2.33. The summed E-state index contributed by atoms with van der Waals surface area (Å²) in [5.74, 6) is -1.42. The van der Waals surface area contributed by atoms with Gasteiger partial charge >= 0.3 is 0 Å². The molecular weight excluding hydrogens is 328 g/mol. The number of likely N-dealkylation sites (tertiary alicyclic amines) is 1. The molecule has 1 unspecified atom stereocenters. The van der Waals surface area contributed by atoms with Crippen LogP contribution in [-0.4, -0.2) is 40.8 Å². The van der Waals surface area contributed by atoms with E-state index in [2.05, 4.69) is 21.2 Å². The van der Waals surface area contributed by atoms with Gasteiger partial charge in [0.15, 0.2) is 0 Å². The molecule has 0 saturated carbocycles. The summed E-state index contributed by atoms with van der Waals surface area (Å²) in [4.78, 5) is 36.3. The van der Waals surface area contributed by atoms with Crippen molar-refractivity contribution in [2.24, 2.45) is 0 Å². The topological polar surface area (TPSA) is 86.7 Å². The lowest BCUT2D eigenvalue weighted by Gasteiger charge is -2.28. The summed E-state index contributed by atoms with van der Waals surface area (Å²) in [5.41, 5.74) is 0.0838. The number of hydrogen-bond acceptors (Lipinski definition) is 4. The summed E-state index contributed by atoms with van der Waals surface area (Å²) in [6.45, 7) is 0. The third-order valence-electron chi connectivity index (χ3n) is 3.16. The van der Waals surface area contributed by atoms with Gasteiger partial charge in [0, 0.05) is 17.9 Å². The fraction of sp³-hybridized carbons (Fsp3) is 0.308. The molecule has 0 radical (unpaired) electrons. The molecule has 1 aromatic carbocycles. The van der Waals surface area contributed by atoms with E-state index in [1.807, 2.05) is 0 Å². The van der Waals surface area contributed by atoms with Gasteiger partial charge in [-0.15, -0.1) is 0 Å². The SMILES string of the molecule is CN1C(=O)CCC(NC(=O)c2ccc(Br)cc2O)C1=O. The van der Waals surface area contributed by atoms with E-state index in [0.717, 1.165) is 4.90 Å². The molecule has 0 aliphatic carbocycles. The number of hydrogen-bond donors (Lipinski definition) is 2. The van der Waals surface area contributed by atoms with Crippen molar-refractivity contribution in [2.75, 3.05) is 7.05 Å². The number of phenols is 1. The predicted octanol–water partition coefficient (Wildman–Crippen LogP) is 1.03. The molecule has 2 N–H and O–H groups in total. The number of likely N-dealkylation sites (N-methyl/N-ethyl adjacent to an activating group) is 1. The van der Waals surface area contributed by atoms with Gasteiger partial charge < -0.3 is 10.4 Å². The van der Waals surface area contributed by atoms with E-state index in [1.54, 1.807) is 6.07 Å². The van der Waals surface area contributed by atoms with Crippen LogP contribution in [-0.2, 0) is 9.59 Å². The first-order chi connectivity index (χ1) is 9.40. The highest BCUT2D eigenvalue weighted by molar-refractivity contribution is 9.10. The van der Waals surface area contributed by atoms with Crippen molar-refractivity contribution in [3.63, 3.8) is 0 Å². The number of rotatable bonds is 2.